The molecule has 21 heavy (non-hydrogen) atoms. The van der Waals surface area contributed by atoms with E-state index in [1.165, 1.54) is 0 Å². The Hall–Kier alpha value is -0.340. The number of thioether (sulfide) groups is 1. The number of benzene rings is 1. The summed E-state index contributed by atoms with van der Waals surface area (Å²) in [5, 5.41) is 0. The summed E-state index contributed by atoms with van der Waals surface area (Å²) in [4.78, 5) is 12.3. The third-order valence-corrected chi connectivity index (χ3v) is 6.91. The van der Waals surface area contributed by atoms with E-state index >= 15 is 4.39 Å². The van der Waals surface area contributed by atoms with Crippen molar-refractivity contribution < 1.29 is 18.7 Å². The zero-order valence-corrected chi connectivity index (χ0v) is 14.5. The second-order valence-corrected chi connectivity index (χ2v) is 7.60. The van der Waals surface area contributed by atoms with Crippen LogP contribution >= 0.6 is 34.4 Å². The van der Waals surface area contributed by atoms with Crippen molar-refractivity contribution >= 4 is 40.3 Å². The van der Waals surface area contributed by atoms with Crippen molar-refractivity contribution in [2.24, 2.45) is 0 Å². The molecule has 0 N–H and O–H groups in total. The minimum absolute atomic E-state index is 0.143. The average molecular weight is 422 g/mol. The molecular weight excluding hydrogens is 406 g/mol. The molecule has 0 aliphatic carbocycles. The molecule has 2 aliphatic heterocycles. The van der Waals surface area contributed by atoms with Crippen LogP contribution in [0, 0.1) is 0 Å². The number of halogens is 2. The van der Waals surface area contributed by atoms with Crippen LogP contribution < -0.4 is 0 Å². The fourth-order valence-electron chi connectivity index (χ4n) is 2.94. The molecule has 114 valence electrons. The van der Waals surface area contributed by atoms with Gasteiger partial charge in [0.2, 0.25) is 0 Å². The van der Waals surface area contributed by atoms with Crippen LogP contribution in [0.1, 0.15) is 23.7 Å². The van der Waals surface area contributed by atoms with Crippen LogP contribution in [0.5, 0.6) is 0 Å². The number of hydrogen-bond acceptors (Lipinski definition) is 4. The quantitative estimate of drug-likeness (QED) is 0.424. The fourth-order valence-corrected chi connectivity index (χ4v) is 4.85. The molecule has 0 amide bonds. The second kappa shape index (κ2) is 5.70. The molecule has 2 fully saturated rings. The number of carbonyl (C=O) groups is 1. The fraction of sp³-hybridized carbons (Fsp3) is 0.533. The molecule has 2 saturated heterocycles. The van der Waals surface area contributed by atoms with Crippen LogP contribution in [0.2, 0.25) is 0 Å². The van der Waals surface area contributed by atoms with Crippen molar-refractivity contribution in [3.8, 4) is 0 Å². The SMILES string of the molecule is C[C@@H]1O[C@](F)(CI)[C@@H](OC(=O)c2ccccc2)[C@]12CCS2. The second-order valence-electron chi connectivity index (χ2n) is 5.38. The maximum Gasteiger partial charge on any atom is 0.338 e. The highest BCUT2D eigenvalue weighted by molar-refractivity contribution is 14.1. The molecule has 1 aromatic rings. The van der Waals surface area contributed by atoms with E-state index < -0.39 is 22.7 Å². The zero-order chi connectivity index (χ0) is 15.1. The predicted molar refractivity (Wildman–Crippen MR) is 88.7 cm³/mol. The molecule has 0 aromatic heterocycles. The van der Waals surface area contributed by atoms with Gasteiger partial charge in [-0.3, -0.25) is 0 Å². The lowest BCUT2D eigenvalue weighted by molar-refractivity contribution is -0.153. The average Bonchev–Trinajstić information content (AvgIpc) is 2.68. The Morgan fingerprint density at radius 1 is 1.52 bits per heavy atom. The van der Waals surface area contributed by atoms with Crippen LogP contribution in [-0.2, 0) is 9.47 Å². The first-order valence-corrected chi connectivity index (χ1v) is 9.36. The Bertz CT molecular complexity index is 537. The molecular formula is C15H16FIO3S. The van der Waals surface area contributed by atoms with Gasteiger partial charge < -0.3 is 9.47 Å². The van der Waals surface area contributed by atoms with E-state index in [2.05, 4.69) is 0 Å². The number of ether oxygens (including phenoxy) is 2. The molecule has 3 nitrogen and oxygen atoms in total. The van der Waals surface area contributed by atoms with E-state index in [1.54, 1.807) is 36.0 Å². The highest BCUT2D eigenvalue weighted by Gasteiger charge is 2.68. The summed E-state index contributed by atoms with van der Waals surface area (Å²) < 4.78 is 25.8. The van der Waals surface area contributed by atoms with E-state index in [-0.39, 0.29) is 10.5 Å². The molecule has 1 aromatic carbocycles. The summed E-state index contributed by atoms with van der Waals surface area (Å²) in [5.41, 5.74) is 0.437. The van der Waals surface area contributed by atoms with Crippen molar-refractivity contribution in [3.05, 3.63) is 35.9 Å². The third-order valence-electron chi connectivity index (χ3n) is 4.18. The summed E-state index contributed by atoms with van der Waals surface area (Å²) in [6.45, 7) is 1.86. The predicted octanol–water partition coefficient (Wildman–Crippen LogP) is 3.61. The minimum Gasteiger partial charge on any atom is -0.451 e. The van der Waals surface area contributed by atoms with Gasteiger partial charge in [-0.25, -0.2) is 9.18 Å². The first-order chi connectivity index (χ1) is 10.0. The molecule has 2 aliphatic rings. The van der Waals surface area contributed by atoms with Crippen molar-refractivity contribution in [2.75, 3.05) is 10.2 Å². The van der Waals surface area contributed by atoms with E-state index in [1.807, 2.05) is 35.6 Å². The van der Waals surface area contributed by atoms with Gasteiger partial charge in [-0.05, 0) is 31.2 Å². The van der Waals surface area contributed by atoms with Crippen molar-refractivity contribution in [1.29, 1.82) is 0 Å². The van der Waals surface area contributed by atoms with E-state index in [0.717, 1.165) is 12.2 Å². The van der Waals surface area contributed by atoms with Gasteiger partial charge in [-0.1, -0.05) is 40.8 Å². The third kappa shape index (κ3) is 2.49. The molecule has 3 rings (SSSR count). The maximum absolute atomic E-state index is 15.0. The van der Waals surface area contributed by atoms with Gasteiger partial charge in [0.25, 0.3) is 5.85 Å². The molecule has 6 heteroatoms. The molecule has 0 radical (unpaired) electrons. The topological polar surface area (TPSA) is 35.5 Å². The lowest BCUT2D eigenvalue weighted by atomic mass is 9.91. The van der Waals surface area contributed by atoms with Gasteiger partial charge in [0.05, 0.1) is 20.8 Å². The Morgan fingerprint density at radius 2 is 2.19 bits per heavy atom. The number of rotatable bonds is 3. The van der Waals surface area contributed by atoms with Crippen molar-refractivity contribution in [3.63, 3.8) is 0 Å². The van der Waals surface area contributed by atoms with Gasteiger partial charge >= 0.3 is 5.97 Å². The minimum atomic E-state index is -1.90. The summed E-state index contributed by atoms with van der Waals surface area (Å²) in [6, 6.07) is 8.70. The van der Waals surface area contributed by atoms with Crippen molar-refractivity contribution in [2.45, 2.75) is 36.2 Å². The molecule has 4 atom stereocenters. The zero-order valence-electron chi connectivity index (χ0n) is 11.6. The van der Waals surface area contributed by atoms with E-state index in [9.17, 15) is 4.79 Å². The van der Waals surface area contributed by atoms with Crippen LogP contribution in [-0.4, -0.2) is 39.0 Å². The first kappa shape index (κ1) is 15.6. The van der Waals surface area contributed by atoms with Gasteiger partial charge in [0.1, 0.15) is 0 Å². The monoisotopic (exact) mass is 422 g/mol. The normalized spacial score (nSPS) is 38.2. The number of alkyl halides is 2. The number of carbonyl (C=O) groups excluding carboxylic acids is 1. The lowest BCUT2D eigenvalue weighted by Gasteiger charge is -2.43. The van der Waals surface area contributed by atoms with E-state index in [4.69, 9.17) is 9.47 Å². The summed E-state index contributed by atoms with van der Waals surface area (Å²) in [7, 11) is 0. The number of esters is 1. The maximum atomic E-state index is 15.0. The standard InChI is InChI=1S/C15H16FIO3S/c1-10-14(7-8-21-14)13(15(16,9-17)20-10)19-12(18)11-5-3-2-4-6-11/h2-6,10,13H,7-9H2,1H3/t10-,13-,14-,15+/m0/s1. The Kier molecular flexibility index (Phi) is 4.22. The van der Waals surface area contributed by atoms with Crippen LogP contribution in [0.3, 0.4) is 0 Å². The van der Waals surface area contributed by atoms with Crippen molar-refractivity contribution in [1.82, 2.24) is 0 Å². The largest absolute Gasteiger partial charge is 0.451 e. The van der Waals surface area contributed by atoms with Crippen LogP contribution in [0.15, 0.2) is 30.3 Å². The lowest BCUT2D eigenvalue weighted by Crippen LogP contribution is -2.55. The van der Waals surface area contributed by atoms with Crippen LogP contribution in [0.4, 0.5) is 4.39 Å². The Morgan fingerprint density at radius 3 is 2.71 bits per heavy atom. The van der Waals surface area contributed by atoms with Gasteiger partial charge in [-0.15, -0.1) is 11.8 Å². The summed E-state index contributed by atoms with van der Waals surface area (Å²) in [6.07, 6.45) is -0.304. The smallest absolute Gasteiger partial charge is 0.338 e. The van der Waals surface area contributed by atoms with Gasteiger partial charge in [0.15, 0.2) is 6.10 Å². The van der Waals surface area contributed by atoms with E-state index in [0.29, 0.717) is 5.56 Å². The molecule has 0 bridgehead atoms. The summed E-state index contributed by atoms with van der Waals surface area (Å²) in [5.74, 6) is -1.44. The van der Waals surface area contributed by atoms with Crippen LogP contribution in [0.25, 0.3) is 0 Å². The van der Waals surface area contributed by atoms with Gasteiger partial charge in [0, 0.05) is 0 Å². The Labute approximate surface area is 141 Å². The highest BCUT2D eigenvalue weighted by Crippen LogP contribution is 2.57. The molecule has 2 heterocycles. The van der Waals surface area contributed by atoms with Gasteiger partial charge in [-0.2, -0.15) is 0 Å². The highest BCUT2D eigenvalue weighted by atomic mass is 127. The number of hydrogen-bond donors (Lipinski definition) is 0. The Balaban J connectivity index is 1.86. The molecule has 0 saturated carbocycles. The summed E-state index contributed by atoms with van der Waals surface area (Å²) >= 11 is 3.59. The molecule has 1 spiro atoms. The first-order valence-electron chi connectivity index (χ1n) is 6.84. The molecule has 0 unspecified atom stereocenters.